The Morgan fingerprint density at radius 2 is 2.18 bits per heavy atom. The molecule has 1 fully saturated rings. The summed E-state index contributed by atoms with van der Waals surface area (Å²) in [4.78, 5) is 24.3. The zero-order valence-electron chi connectivity index (χ0n) is 9.82. The number of nitrogens with one attached hydrogen (secondary N) is 1. The second kappa shape index (κ2) is 6.92. The Kier molecular flexibility index (Phi) is 5.50. The fraction of sp³-hybridized carbons (Fsp3) is 0.667. The Labute approximate surface area is 101 Å². The predicted octanol–water partition coefficient (Wildman–Crippen LogP) is 0.0650. The highest BCUT2D eigenvalue weighted by Gasteiger charge is 2.28. The van der Waals surface area contributed by atoms with Crippen molar-refractivity contribution in [1.29, 1.82) is 0 Å². The highest BCUT2D eigenvalue weighted by Crippen LogP contribution is 2.16. The summed E-state index contributed by atoms with van der Waals surface area (Å²) in [5, 5.41) is 11.7. The molecule has 0 bridgehead atoms. The van der Waals surface area contributed by atoms with Crippen LogP contribution >= 0.6 is 0 Å². The lowest BCUT2D eigenvalue weighted by molar-refractivity contribution is -0.144. The van der Waals surface area contributed by atoms with Crippen LogP contribution in [-0.4, -0.2) is 47.6 Å². The smallest absolute Gasteiger partial charge is 0.320 e. The number of terminal acetylenes is 1. The molecule has 0 aromatic carbocycles. The predicted molar refractivity (Wildman–Crippen MR) is 63.3 cm³/mol. The molecule has 1 atom stereocenters. The molecule has 2 N–H and O–H groups in total. The van der Waals surface area contributed by atoms with Gasteiger partial charge in [0.2, 0.25) is 5.91 Å². The fourth-order valence-electron chi connectivity index (χ4n) is 2.03. The normalized spacial score (nSPS) is 21.2. The zero-order chi connectivity index (χ0) is 12.7. The standard InChI is InChI=1S/C12H18N2O3/c1-2-7-13-11(15)9-14-8-5-3-4-6-10(14)12(16)17/h1,10H,3-9H2,(H,13,15)(H,16,17). The van der Waals surface area contributed by atoms with Gasteiger partial charge in [0, 0.05) is 0 Å². The van der Waals surface area contributed by atoms with E-state index in [9.17, 15) is 9.59 Å². The van der Waals surface area contributed by atoms with Crippen molar-refractivity contribution in [3.05, 3.63) is 0 Å². The molecule has 1 rings (SSSR count). The summed E-state index contributed by atoms with van der Waals surface area (Å²) in [5.74, 6) is 1.25. The average Bonchev–Trinajstić information content (AvgIpc) is 2.51. The first-order chi connectivity index (χ1) is 8.15. The summed E-state index contributed by atoms with van der Waals surface area (Å²) < 4.78 is 0. The van der Waals surface area contributed by atoms with Crippen LogP contribution in [0.1, 0.15) is 25.7 Å². The number of rotatable bonds is 4. The molecule has 0 spiro atoms. The van der Waals surface area contributed by atoms with Gasteiger partial charge >= 0.3 is 5.97 Å². The lowest BCUT2D eigenvalue weighted by atomic mass is 10.1. The summed E-state index contributed by atoms with van der Waals surface area (Å²) in [6.45, 7) is 0.948. The molecule has 0 aromatic heterocycles. The van der Waals surface area contributed by atoms with E-state index in [2.05, 4.69) is 11.2 Å². The molecule has 94 valence electrons. The van der Waals surface area contributed by atoms with E-state index < -0.39 is 12.0 Å². The highest BCUT2D eigenvalue weighted by atomic mass is 16.4. The Morgan fingerprint density at radius 1 is 1.41 bits per heavy atom. The second-order valence-corrected chi connectivity index (χ2v) is 4.15. The molecule has 1 aliphatic rings. The maximum atomic E-state index is 11.5. The SMILES string of the molecule is C#CCNC(=O)CN1CCCCCC1C(=O)O. The van der Waals surface area contributed by atoms with Crippen LogP contribution in [-0.2, 0) is 9.59 Å². The number of hydrogen-bond donors (Lipinski definition) is 2. The van der Waals surface area contributed by atoms with Gasteiger partial charge in [-0.1, -0.05) is 18.8 Å². The third-order valence-electron chi connectivity index (χ3n) is 2.88. The molecule has 1 saturated heterocycles. The minimum atomic E-state index is -0.850. The van der Waals surface area contributed by atoms with Gasteiger partial charge in [-0.15, -0.1) is 6.42 Å². The number of carboxylic acid groups (broad SMARTS) is 1. The first kappa shape index (κ1) is 13.5. The van der Waals surface area contributed by atoms with E-state index in [1.165, 1.54) is 0 Å². The lowest BCUT2D eigenvalue weighted by Gasteiger charge is -2.25. The summed E-state index contributed by atoms with van der Waals surface area (Å²) in [5.41, 5.74) is 0. The van der Waals surface area contributed by atoms with Crippen LogP contribution < -0.4 is 5.32 Å². The molecule has 5 heteroatoms. The zero-order valence-corrected chi connectivity index (χ0v) is 9.82. The molecular weight excluding hydrogens is 220 g/mol. The number of likely N-dealkylation sites (tertiary alicyclic amines) is 1. The van der Waals surface area contributed by atoms with E-state index in [1.807, 2.05) is 0 Å². The molecule has 1 heterocycles. The Morgan fingerprint density at radius 3 is 2.82 bits per heavy atom. The van der Waals surface area contributed by atoms with E-state index in [4.69, 9.17) is 11.5 Å². The number of carboxylic acids is 1. The van der Waals surface area contributed by atoms with Crippen LogP contribution in [0.2, 0.25) is 0 Å². The first-order valence-corrected chi connectivity index (χ1v) is 5.82. The Balaban J connectivity index is 2.54. The van der Waals surface area contributed by atoms with Crippen molar-refractivity contribution in [3.63, 3.8) is 0 Å². The summed E-state index contributed by atoms with van der Waals surface area (Å²) in [6, 6.07) is -0.547. The van der Waals surface area contributed by atoms with Crippen LogP contribution in [0.3, 0.4) is 0 Å². The average molecular weight is 238 g/mol. The van der Waals surface area contributed by atoms with Gasteiger partial charge in [-0.2, -0.15) is 0 Å². The van der Waals surface area contributed by atoms with Crippen molar-refractivity contribution in [1.82, 2.24) is 10.2 Å². The molecule has 0 saturated carbocycles. The summed E-state index contributed by atoms with van der Waals surface area (Å²) >= 11 is 0. The monoisotopic (exact) mass is 238 g/mol. The lowest BCUT2D eigenvalue weighted by Crippen LogP contribution is -2.46. The third kappa shape index (κ3) is 4.45. The van der Waals surface area contributed by atoms with Crippen molar-refractivity contribution in [3.8, 4) is 12.3 Å². The van der Waals surface area contributed by atoms with Crippen LogP contribution in [0.25, 0.3) is 0 Å². The van der Waals surface area contributed by atoms with Crippen molar-refractivity contribution in [2.75, 3.05) is 19.6 Å². The molecule has 0 radical (unpaired) electrons. The topological polar surface area (TPSA) is 69.6 Å². The molecule has 1 amide bonds. The van der Waals surface area contributed by atoms with Gasteiger partial charge in [-0.05, 0) is 19.4 Å². The molecule has 0 aliphatic carbocycles. The van der Waals surface area contributed by atoms with Gasteiger partial charge in [0.25, 0.3) is 0 Å². The quantitative estimate of drug-likeness (QED) is 0.680. The first-order valence-electron chi connectivity index (χ1n) is 5.82. The number of carbonyl (C=O) groups excluding carboxylic acids is 1. The van der Waals surface area contributed by atoms with Gasteiger partial charge in [0.05, 0.1) is 13.1 Å². The van der Waals surface area contributed by atoms with Gasteiger partial charge in [-0.25, -0.2) is 0 Å². The largest absolute Gasteiger partial charge is 0.480 e. The van der Waals surface area contributed by atoms with Gasteiger partial charge in [-0.3, -0.25) is 14.5 Å². The number of nitrogens with zero attached hydrogens (tertiary/aromatic N) is 1. The Bertz CT molecular complexity index is 322. The minimum absolute atomic E-state index is 0.110. The van der Waals surface area contributed by atoms with Crippen LogP contribution in [0.5, 0.6) is 0 Å². The van der Waals surface area contributed by atoms with E-state index in [-0.39, 0.29) is 19.0 Å². The van der Waals surface area contributed by atoms with Gasteiger partial charge < -0.3 is 10.4 Å². The summed E-state index contributed by atoms with van der Waals surface area (Å²) in [6.07, 6.45) is 8.51. The minimum Gasteiger partial charge on any atom is -0.480 e. The number of aliphatic carboxylic acids is 1. The molecule has 1 aliphatic heterocycles. The van der Waals surface area contributed by atoms with E-state index in [1.54, 1.807) is 4.90 Å². The third-order valence-corrected chi connectivity index (χ3v) is 2.88. The molecule has 0 aromatic rings. The molecule has 1 unspecified atom stereocenters. The van der Waals surface area contributed by atoms with Crippen LogP contribution in [0, 0.1) is 12.3 Å². The van der Waals surface area contributed by atoms with Crippen molar-refractivity contribution in [2.45, 2.75) is 31.7 Å². The molecule has 5 nitrogen and oxygen atoms in total. The van der Waals surface area contributed by atoms with Crippen LogP contribution in [0.15, 0.2) is 0 Å². The number of amides is 1. The van der Waals surface area contributed by atoms with Gasteiger partial charge in [0.1, 0.15) is 6.04 Å². The maximum absolute atomic E-state index is 11.5. The molecule has 17 heavy (non-hydrogen) atoms. The van der Waals surface area contributed by atoms with E-state index in [0.717, 1.165) is 19.3 Å². The second-order valence-electron chi connectivity index (χ2n) is 4.15. The van der Waals surface area contributed by atoms with Crippen molar-refractivity contribution in [2.24, 2.45) is 0 Å². The number of carbonyl (C=O) groups is 2. The number of hydrogen-bond acceptors (Lipinski definition) is 3. The van der Waals surface area contributed by atoms with Crippen LogP contribution in [0.4, 0.5) is 0 Å². The fourth-order valence-corrected chi connectivity index (χ4v) is 2.03. The van der Waals surface area contributed by atoms with Gasteiger partial charge in [0.15, 0.2) is 0 Å². The van der Waals surface area contributed by atoms with Crippen molar-refractivity contribution < 1.29 is 14.7 Å². The molecular formula is C12H18N2O3. The highest BCUT2D eigenvalue weighted by molar-refractivity contribution is 5.80. The Hall–Kier alpha value is -1.54. The maximum Gasteiger partial charge on any atom is 0.320 e. The summed E-state index contributed by atoms with van der Waals surface area (Å²) in [7, 11) is 0. The van der Waals surface area contributed by atoms with E-state index >= 15 is 0 Å². The van der Waals surface area contributed by atoms with E-state index in [0.29, 0.717) is 13.0 Å². The van der Waals surface area contributed by atoms with Crippen molar-refractivity contribution >= 4 is 11.9 Å².